The summed E-state index contributed by atoms with van der Waals surface area (Å²) in [6, 6.07) is 8.80. The van der Waals surface area contributed by atoms with Gasteiger partial charge in [0.05, 0.1) is 12.3 Å². The lowest BCUT2D eigenvalue weighted by Crippen LogP contribution is -2.45. The second-order valence-corrected chi connectivity index (χ2v) is 6.31. The van der Waals surface area contributed by atoms with Crippen LogP contribution in [0, 0.1) is 6.92 Å². The number of likely N-dealkylation sites (tertiary alicyclic amines) is 1. The van der Waals surface area contributed by atoms with Crippen LogP contribution in [0.15, 0.2) is 36.7 Å². The first kappa shape index (κ1) is 17.5. The molecule has 1 aromatic heterocycles. The normalized spacial score (nSPS) is 15.4. The molecule has 0 bridgehead atoms. The molecular formula is C19H26N4O2. The van der Waals surface area contributed by atoms with Crippen LogP contribution in [0.25, 0.3) is 5.69 Å². The maximum Gasteiger partial charge on any atom is 0.409 e. The molecule has 3 rings (SSSR count). The topological polar surface area (TPSA) is 59.4 Å². The molecule has 1 aromatic carbocycles. The number of aryl methyl sites for hydroxylation is 1. The van der Waals surface area contributed by atoms with E-state index in [0.717, 1.165) is 44.0 Å². The highest BCUT2D eigenvalue weighted by Crippen LogP contribution is 2.18. The average molecular weight is 342 g/mol. The summed E-state index contributed by atoms with van der Waals surface area (Å²) >= 11 is 0. The maximum absolute atomic E-state index is 11.8. The van der Waals surface area contributed by atoms with Crippen molar-refractivity contribution in [3.05, 3.63) is 48.0 Å². The fraction of sp³-hybridized carbons (Fsp3) is 0.474. The van der Waals surface area contributed by atoms with Gasteiger partial charge in [-0.15, -0.1) is 0 Å². The predicted molar refractivity (Wildman–Crippen MR) is 96.8 cm³/mol. The van der Waals surface area contributed by atoms with Crippen molar-refractivity contribution in [1.29, 1.82) is 0 Å². The summed E-state index contributed by atoms with van der Waals surface area (Å²) in [6.45, 7) is 6.58. The molecule has 0 saturated carbocycles. The molecule has 1 aliphatic rings. The molecule has 1 N–H and O–H groups in total. The third-order valence-corrected chi connectivity index (χ3v) is 4.68. The maximum atomic E-state index is 11.8. The average Bonchev–Trinajstić information content (AvgIpc) is 3.06. The fourth-order valence-corrected chi connectivity index (χ4v) is 3.26. The van der Waals surface area contributed by atoms with Crippen LogP contribution in [0.4, 0.5) is 4.79 Å². The van der Waals surface area contributed by atoms with Gasteiger partial charge in [-0.1, -0.05) is 18.2 Å². The molecule has 0 radical (unpaired) electrons. The fourth-order valence-electron chi connectivity index (χ4n) is 3.26. The number of para-hydroxylation sites is 1. The van der Waals surface area contributed by atoms with Crippen molar-refractivity contribution in [3.63, 3.8) is 0 Å². The Hall–Kier alpha value is -2.34. The summed E-state index contributed by atoms with van der Waals surface area (Å²) < 4.78 is 7.18. The van der Waals surface area contributed by atoms with E-state index >= 15 is 0 Å². The van der Waals surface area contributed by atoms with Gasteiger partial charge in [0, 0.05) is 38.1 Å². The third kappa shape index (κ3) is 4.20. The first-order valence-corrected chi connectivity index (χ1v) is 8.92. The molecule has 1 amide bonds. The lowest BCUT2D eigenvalue weighted by molar-refractivity contribution is 0.0950. The summed E-state index contributed by atoms with van der Waals surface area (Å²) in [5.41, 5.74) is 2.41. The number of nitrogens with one attached hydrogen (secondary N) is 1. The zero-order valence-electron chi connectivity index (χ0n) is 14.9. The first-order valence-electron chi connectivity index (χ1n) is 8.92. The molecule has 0 aliphatic carbocycles. The molecule has 6 nitrogen and oxygen atoms in total. The van der Waals surface area contributed by atoms with Gasteiger partial charge in [-0.25, -0.2) is 9.78 Å². The Morgan fingerprint density at radius 1 is 1.32 bits per heavy atom. The smallest absolute Gasteiger partial charge is 0.409 e. The molecule has 1 aliphatic heterocycles. The van der Waals surface area contributed by atoms with E-state index in [-0.39, 0.29) is 6.09 Å². The molecule has 1 fully saturated rings. The summed E-state index contributed by atoms with van der Waals surface area (Å²) in [5, 5.41) is 3.64. The third-order valence-electron chi connectivity index (χ3n) is 4.68. The number of piperidine rings is 1. The summed E-state index contributed by atoms with van der Waals surface area (Å²) in [4.78, 5) is 17.9. The van der Waals surface area contributed by atoms with E-state index in [0.29, 0.717) is 12.6 Å². The van der Waals surface area contributed by atoms with Gasteiger partial charge in [0.25, 0.3) is 0 Å². The highest BCUT2D eigenvalue weighted by atomic mass is 16.6. The number of benzene rings is 1. The van der Waals surface area contributed by atoms with Crippen molar-refractivity contribution in [1.82, 2.24) is 19.8 Å². The number of imidazole rings is 1. The minimum atomic E-state index is -0.193. The molecule has 0 spiro atoms. The highest BCUT2D eigenvalue weighted by Gasteiger charge is 2.23. The zero-order chi connectivity index (χ0) is 17.6. The van der Waals surface area contributed by atoms with Gasteiger partial charge in [-0.2, -0.15) is 0 Å². The Morgan fingerprint density at radius 2 is 2.08 bits per heavy atom. The van der Waals surface area contributed by atoms with E-state index in [1.807, 2.05) is 26.2 Å². The van der Waals surface area contributed by atoms with Crippen LogP contribution in [0.5, 0.6) is 0 Å². The van der Waals surface area contributed by atoms with Crippen LogP contribution in [-0.2, 0) is 11.3 Å². The summed E-state index contributed by atoms with van der Waals surface area (Å²) in [5.74, 6) is 0.982. The number of carbonyl (C=O) groups is 1. The van der Waals surface area contributed by atoms with Crippen LogP contribution in [0.3, 0.4) is 0 Å². The van der Waals surface area contributed by atoms with Crippen molar-refractivity contribution in [3.8, 4) is 5.69 Å². The molecule has 6 heteroatoms. The van der Waals surface area contributed by atoms with Crippen LogP contribution in [0.2, 0.25) is 0 Å². The van der Waals surface area contributed by atoms with Gasteiger partial charge in [0.1, 0.15) is 5.82 Å². The Bertz CT molecular complexity index is 705. The van der Waals surface area contributed by atoms with Gasteiger partial charge < -0.3 is 19.5 Å². The van der Waals surface area contributed by atoms with E-state index in [1.54, 1.807) is 4.90 Å². The quantitative estimate of drug-likeness (QED) is 0.908. The summed E-state index contributed by atoms with van der Waals surface area (Å²) in [7, 11) is 0. The molecule has 1 saturated heterocycles. The Kier molecular flexibility index (Phi) is 5.71. The van der Waals surface area contributed by atoms with Crippen molar-refractivity contribution in [2.75, 3.05) is 19.7 Å². The summed E-state index contributed by atoms with van der Waals surface area (Å²) in [6.07, 6.45) is 5.52. The Balaban J connectivity index is 1.57. The zero-order valence-corrected chi connectivity index (χ0v) is 14.9. The molecule has 0 unspecified atom stereocenters. The Morgan fingerprint density at radius 3 is 2.76 bits per heavy atom. The SMILES string of the molecule is CCOC(=O)N1CCC(NCc2ccccc2-n2ccnc2C)CC1. The van der Waals surface area contributed by atoms with Crippen LogP contribution in [0.1, 0.15) is 31.2 Å². The molecule has 25 heavy (non-hydrogen) atoms. The van der Waals surface area contributed by atoms with Gasteiger partial charge in [0.15, 0.2) is 0 Å². The minimum absolute atomic E-state index is 0.193. The van der Waals surface area contributed by atoms with E-state index in [4.69, 9.17) is 4.74 Å². The number of hydrogen-bond donors (Lipinski definition) is 1. The molecular weight excluding hydrogens is 316 g/mol. The van der Waals surface area contributed by atoms with E-state index in [1.165, 1.54) is 5.56 Å². The van der Waals surface area contributed by atoms with Crippen LogP contribution in [-0.4, -0.2) is 46.3 Å². The first-order chi connectivity index (χ1) is 12.2. The number of nitrogens with zero attached hydrogens (tertiary/aromatic N) is 3. The standard InChI is InChI=1S/C19H26N4O2/c1-3-25-19(24)22-11-8-17(9-12-22)21-14-16-6-4-5-7-18(16)23-13-10-20-15(23)2/h4-7,10,13,17,21H,3,8-9,11-12,14H2,1-2H3. The molecule has 134 valence electrons. The lowest BCUT2D eigenvalue weighted by atomic mass is 10.0. The molecule has 2 aromatic rings. The van der Waals surface area contributed by atoms with Crippen LogP contribution < -0.4 is 5.32 Å². The van der Waals surface area contributed by atoms with Crippen molar-refractivity contribution >= 4 is 6.09 Å². The van der Waals surface area contributed by atoms with E-state index in [9.17, 15) is 4.79 Å². The lowest BCUT2D eigenvalue weighted by Gasteiger charge is -2.32. The van der Waals surface area contributed by atoms with Gasteiger partial charge in [-0.05, 0) is 38.3 Å². The van der Waals surface area contributed by atoms with Gasteiger partial charge >= 0.3 is 6.09 Å². The number of carbonyl (C=O) groups excluding carboxylic acids is 1. The number of ether oxygens (including phenoxy) is 1. The van der Waals surface area contributed by atoms with Gasteiger partial charge in [-0.3, -0.25) is 0 Å². The second kappa shape index (κ2) is 8.16. The van der Waals surface area contributed by atoms with E-state index in [2.05, 4.69) is 39.1 Å². The largest absolute Gasteiger partial charge is 0.450 e. The minimum Gasteiger partial charge on any atom is -0.450 e. The van der Waals surface area contributed by atoms with Gasteiger partial charge in [0.2, 0.25) is 0 Å². The van der Waals surface area contributed by atoms with Crippen molar-refractivity contribution in [2.24, 2.45) is 0 Å². The molecule has 2 heterocycles. The monoisotopic (exact) mass is 342 g/mol. The highest BCUT2D eigenvalue weighted by molar-refractivity contribution is 5.67. The second-order valence-electron chi connectivity index (χ2n) is 6.31. The molecule has 0 atom stereocenters. The van der Waals surface area contributed by atoms with E-state index < -0.39 is 0 Å². The number of rotatable bonds is 5. The number of hydrogen-bond acceptors (Lipinski definition) is 4. The Labute approximate surface area is 148 Å². The van der Waals surface area contributed by atoms with Crippen LogP contribution >= 0.6 is 0 Å². The van der Waals surface area contributed by atoms with Crippen molar-refractivity contribution < 1.29 is 9.53 Å². The number of amides is 1. The predicted octanol–water partition coefficient (Wildman–Crippen LogP) is 2.89. The number of aromatic nitrogens is 2. The van der Waals surface area contributed by atoms with Crippen molar-refractivity contribution in [2.45, 2.75) is 39.3 Å².